The Balaban J connectivity index is 2.02. The first-order valence-electron chi connectivity index (χ1n) is 7.21. The third-order valence-electron chi connectivity index (χ3n) is 4.09. The molecule has 0 spiro atoms. The van der Waals surface area contributed by atoms with Crippen LogP contribution >= 0.6 is 0 Å². The number of carbonyl (C=O) groups excluding carboxylic acids is 1. The van der Waals surface area contributed by atoms with Crippen molar-refractivity contribution in [1.29, 1.82) is 0 Å². The topological polar surface area (TPSA) is 63.7 Å². The Morgan fingerprint density at radius 1 is 1.21 bits per heavy atom. The highest BCUT2D eigenvalue weighted by molar-refractivity contribution is 7.89. The molecule has 0 amide bonds. The first-order chi connectivity index (χ1) is 9.05. The highest BCUT2D eigenvalue weighted by Crippen LogP contribution is 2.30. The second-order valence-electron chi connectivity index (χ2n) is 5.40. The standard InChI is InChI=1S/C13H23NO4S/c1-2-18-13(15)11-6-5-9-14(10-11)19(16,17)12-7-3-4-8-12/h11-12H,2-10H2,1H3/t11-/m1/s1. The molecule has 0 unspecified atom stereocenters. The van der Waals surface area contributed by atoms with Gasteiger partial charge in [0.25, 0.3) is 0 Å². The Kier molecular flexibility index (Phi) is 4.84. The van der Waals surface area contributed by atoms with Crippen LogP contribution in [0.3, 0.4) is 0 Å². The third-order valence-corrected chi connectivity index (χ3v) is 6.45. The summed E-state index contributed by atoms with van der Waals surface area (Å²) in [4.78, 5) is 11.7. The molecule has 0 N–H and O–H groups in total. The minimum absolute atomic E-state index is 0.228. The van der Waals surface area contributed by atoms with E-state index in [-0.39, 0.29) is 17.1 Å². The van der Waals surface area contributed by atoms with Gasteiger partial charge in [0, 0.05) is 13.1 Å². The average Bonchev–Trinajstić information content (AvgIpc) is 2.94. The molecule has 0 aromatic rings. The summed E-state index contributed by atoms with van der Waals surface area (Å²) < 4.78 is 31.5. The minimum Gasteiger partial charge on any atom is -0.466 e. The van der Waals surface area contributed by atoms with Crippen molar-refractivity contribution in [3.8, 4) is 0 Å². The Morgan fingerprint density at radius 3 is 2.53 bits per heavy atom. The zero-order valence-corrected chi connectivity index (χ0v) is 12.3. The summed E-state index contributed by atoms with van der Waals surface area (Å²) in [5.74, 6) is -0.543. The molecule has 2 rings (SSSR count). The summed E-state index contributed by atoms with van der Waals surface area (Å²) in [7, 11) is -3.22. The second-order valence-corrected chi connectivity index (χ2v) is 7.61. The Morgan fingerprint density at radius 2 is 1.89 bits per heavy atom. The highest BCUT2D eigenvalue weighted by Gasteiger charge is 2.38. The van der Waals surface area contributed by atoms with Crippen molar-refractivity contribution in [3.05, 3.63) is 0 Å². The van der Waals surface area contributed by atoms with Gasteiger partial charge in [0.15, 0.2) is 0 Å². The summed E-state index contributed by atoms with van der Waals surface area (Å²) in [6, 6.07) is 0. The molecule has 0 aromatic carbocycles. The fourth-order valence-corrected chi connectivity index (χ4v) is 5.15. The maximum Gasteiger partial charge on any atom is 0.310 e. The number of hydrogen-bond donors (Lipinski definition) is 0. The smallest absolute Gasteiger partial charge is 0.310 e. The number of esters is 1. The van der Waals surface area contributed by atoms with Crippen LogP contribution < -0.4 is 0 Å². The SMILES string of the molecule is CCOC(=O)[C@@H]1CCCN(S(=O)(=O)C2CCCC2)C1. The molecule has 1 aliphatic carbocycles. The second kappa shape index (κ2) is 6.22. The van der Waals surface area contributed by atoms with Crippen molar-refractivity contribution < 1.29 is 17.9 Å². The zero-order chi connectivity index (χ0) is 13.9. The first kappa shape index (κ1) is 14.8. The largest absolute Gasteiger partial charge is 0.466 e. The zero-order valence-electron chi connectivity index (χ0n) is 11.5. The van der Waals surface area contributed by atoms with E-state index in [4.69, 9.17) is 4.74 Å². The average molecular weight is 289 g/mol. The van der Waals surface area contributed by atoms with Crippen molar-refractivity contribution in [2.75, 3.05) is 19.7 Å². The van der Waals surface area contributed by atoms with Gasteiger partial charge in [-0.2, -0.15) is 0 Å². The molecule has 0 radical (unpaired) electrons. The van der Waals surface area contributed by atoms with Gasteiger partial charge < -0.3 is 4.74 Å². The minimum atomic E-state index is -3.22. The number of nitrogens with zero attached hydrogens (tertiary/aromatic N) is 1. The van der Waals surface area contributed by atoms with E-state index in [9.17, 15) is 13.2 Å². The Bertz CT molecular complexity index is 414. The Hall–Kier alpha value is -0.620. The summed E-state index contributed by atoms with van der Waals surface area (Å²) in [5.41, 5.74) is 0. The fourth-order valence-electron chi connectivity index (χ4n) is 3.02. The van der Waals surface area contributed by atoms with Crippen LogP contribution in [0.1, 0.15) is 45.4 Å². The normalized spacial score (nSPS) is 26.5. The molecule has 5 nitrogen and oxygen atoms in total. The molecule has 6 heteroatoms. The lowest BCUT2D eigenvalue weighted by Gasteiger charge is -2.32. The molecule has 2 aliphatic rings. The third kappa shape index (κ3) is 3.28. The van der Waals surface area contributed by atoms with Crippen molar-refractivity contribution in [1.82, 2.24) is 4.31 Å². The molecule has 1 saturated heterocycles. The van der Waals surface area contributed by atoms with E-state index < -0.39 is 10.0 Å². The van der Waals surface area contributed by atoms with Gasteiger partial charge in [0.05, 0.1) is 17.8 Å². The van der Waals surface area contributed by atoms with Crippen LogP contribution in [0.5, 0.6) is 0 Å². The molecule has 110 valence electrons. The van der Waals surface area contributed by atoms with E-state index >= 15 is 0 Å². The molecule has 2 fully saturated rings. The van der Waals surface area contributed by atoms with Gasteiger partial charge in [0.2, 0.25) is 10.0 Å². The lowest BCUT2D eigenvalue weighted by atomic mass is 10.0. The van der Waals surface area contributed by atoms with Gasteiger partial charge in [-0.1, -0.05) is 12.8 Å². The van der Waals surface area contributed by atoms with E-state index in [0.717, 1.165) is 38.5 Å². The molecular formula is C13H23NO4S. The molecule has 0 bridgehead atoms. The van der Waals surface area contributed by atoms with Gasteiger partial charge >= 0.3 is 5.97 Å². The summed E-state index contributed by atoms with van der Waals surface area (Å²) in [6.45, 7) is 2.98. The van der Waals surface area contributed by atoms with Gasteiger partial charge in [-0.3, -0.25) is 4.79 Å². The van der Waals surface area contributed by atoms with Crippen LogP contribution in [-0.2, 0) is 19.6 Å². The van der Waals surface area contributed by atoms with Crippen molar-refractivity contribution in [3.63, 3.8) is 0 Å². The molecule has 1 aliphatic heterocycles. The van der Waals surface area contributed by atoms with E-state index in [1.807, 2.05) is 0 Å². The highest BCUT2D eigenvalue weighted by atomic mass is 32.2. The number of carbonyl (C=O) groups is 1. The van der Waals surface area contributed by atoms with Crippen LogP contribution in [-0.4, -0.2) is 43.6 Å². The predicted molar refractivity (Wildman–Crippen MR) is 72.1 cm³/mol. The molecule has 0 aromatic heterocycles. The lowest BCUT2D eigenvalue weighted by molar-refractivity contribution is -0.149. The first-order valence-corrected chi connectivity index (χ1v) is 8.71. The van der Waals surface area contributed by atoms with Gasteiger partial charge in [-0.15, -0.1) is 0 Å². The quantitative estimate of drug-likeness (QED) is 0.736. The summed E-state index contributed by atoms with van der Waals surface area (Å²) >= 11 is 0. The van der Waals surface area contributed by atoms with E-state index in [0.29, 0.717) is 19.7 Å². The van der Waals surface area contributed by atoms with E-state index in [1.165, 1.54) is 4.31 Å². The maximum atomic E-state index is 12.5. The van der Waals surface area contributed by atoms with Crippen LogP contribution in [0, 0.1) is 5.92 Å². The van der Waals surface area contributed by atoms with E-state index in [2.05, 4.69) is 0 Å². The number of piperidine rings is 1. The molecule has 1 atom stereocenters. The monoisotopic (exact) mass is 289 g/mol. The maximum absolute atomic E-state index is 12.5. The molecule has 19 heavy (non-hydrogen) atoms. The molecule has 1 saturated carbocycles. The number of ether oxygens (including phenoxy) is 1. The lowest BCUT2D eigenvalue weighted by Crippen LogP contribution is -2.45. The molecule has 1 heterocycles. The number of sulfonamides is 1. The fraction of sp³-hybridized carbons (Fsp3) is 0.923. The van der Waals surface area contributed by atoms with Crippen LogP contribution in [0.4, 0.5) is 0 Å². The molecular weight excluding hydrogens is 266 g/mol. The number of rotatable bonds is 4. The predicted octanol–water partition coefficient (Wildman–Crippen LogP) is 1.53. The van der Waals surface area contributed by atoms with E-state index in [1.54, 1.807) is 6.92 Å². The summed E-state index contributed by atoms with van der Waals surface area (Å²) in [6.07, 6.45) is 5.01. The summed E-state index contributed by atoms with van der Waals surface area (Å²) in [5, 5.41) is -0.228. The van der Waals surface area contributed by atoms with Crippen LogP contribution in [0.2, 0.25) is 0 Å². The van der Waals surface area contributed by atoms with Crippen molar-refractivity contribution >= 4 is 16.0 Å². The van der Waals surface area contributed by atoms with Crippen LogP contribution in [0.15, 0.2) is 0 Å². The van der Waals surface area contributed by atoms with Crippen LogP contribution in [0.25, 0.3) is 0 Å². The van der Waals surface area contributed by atoms with Gasteiger partial charge in [0.1, 0.15) is 0 Å². The van der Waals surface area contributed by atoms with Gasteiger partial charge in [-0.05, 0) is 32.6 Å². The van der Waals surface area contributed by atoms with Gasteiger partial charge in [-0.25, -0.2) is 12.7 Å². The van der Waals surface area contributed by atoms with Crippen molar-refractivity contribution in [2.24, 2.45) is 5.92 Å². The Labute approximate surface area is 115 Å². The van der Waals surface area contributed by atoms with Crippen molar-refractivity contribution in [2.45, 2.75) is 50.7 Å². The number of hydrogen-bond acceptors (Lipinski definition) is 4.